The summed E-state index contributed by atoms with van der Waals surface area (Å²) >= 11 is 0. The molecular formula is C48H62N10O6. The van der Waals surface area contributed by atoms with Crippen molar-refractivity contribution in [3.63, 3.8) is 0 Å². The van der Waals surface area contributed by atoms with E-state index >= 15 is 0 Å². The number of rotatable bonds is 25. The molecule has 0 saturated heterocycles. The van der Waals surface area contributed by atoms with Gasteiger partial charge in [-0.05, 0) is 92.1 Å². The van der Waals surface area contributed by atoms with E-state index in [0.29, 0.717) is 44.3 Å². The van der Waals surface area contributed by atoms with Gasteiger partial charge in [0, 0.05) is 36.4 Å². The number of carbonyl (C=O) groups excluding carboxylic acids is 6. The highest BCUT2D eigenvalue weighted by molar-refractivity contribution is 5.97. The number of nitrogens with one attached hydrogen (secondary N) is 6. The molecule has 6 amide bonds. The summed E-state index contributed by atoms with van der Waals surface area (Å²) in [5, 5.41) is 16.8. The minimum atomic E-state index is -1.26. The van der Waals surface area contributed by atoms with Crippen molar-refractivity contribution in [1.82, 2.24) is 31.6 Å². The van der Waals surface area contributed by atoms with Crippen LogP contribution in [0.15, 0.2) is 103 Å². The number of hydrogen-bond acceptors (Lipinski definition) is 9. The summed E-state index contributed by atoms with van der Waals surface area (Å²) in [4.78, 5) is 85.9. The Kier molecular flexibility index (Phi) is 18.4. The summed E-state index contributed by atoms with van der Waals surface area (Å²) in [6.45, 7) is 2.26. The highest BCUT2D eigenvalue weighted by Gasteiger charge is 2.33. The monoisotopic (exact) mass is 874 g/mol. The molecule has 0 aliphatic heterocycles. The van der Waals surface area contributed by atoms with E-state index in [1.165, 1.54) is 6.92 Å². The number of aromatic amines is 1. The molecule has 340 valence electrons. The number of benzene rings is 4. The highest BCUT2D eigenvalue weighted by Crippen LogP contribution is 2.21. The zero-order chi connectivity index (χ0) is 46.0. The molecule has 14 N–H and O–H groups in total. The van der Waals surface area contributed by atoms with E-state index in [1.54, 1.807) is 18.3 Å². The predicted molar refractivity (Wildman–Crippen MR) is 248 cm³/mol. The lowest BCUT2D eigenvalue weighted by molar-refractivity contribution is -0.135. The third-order valence-electron chi connectivity index (χ3n) is 11.1. The molecule has 0 unspecified atom stereocenters. The Morgan fingerprint density at radius 2 is 1.03 bits per heavy atom. The summed E-state index contributed by atoms with van der Waals surface area (Å²) in [5.41, 5.74) is 26.1. The molecule has 6 atom stereocenters. The van der Waals surface area contributed by atoms with E-state index in [1.807, 2.05) is 84.9 Å². The molecule has 1 heterocycles. The van der Waals surface area contributed by atoms with Crippen LogP contribution in [0.25, 0.3) is 21.7 Å². The fourth-order valence-corrected chi connectivity index (χ4v) is 7.53. The van der Waals surface area contributed by atoms with E-state index in [-0.39, 0.29) is 32.1 Å². The Bertz CT molecular complexity index is 2350. The molecule has 0 fully saturated rings. The second kappa shape index (κ2) is 24.3. The smallest absolute Gasteiger partial charge is 0.243 e. The SMILES string of the molecule is C[C@@H](N)C(=O)N[C@H](Cc1ccc2ccccc2c1)C(=O)N[C@H](CCCCN)C(=O)N[C@H](Cc1c[nH]c2ccccc12)C(=O)N[C@@H](Cc1ccccc1)C(=O)N[C@@H](CCCCN)C(N)=O. The number of carbonyl (C=O) groups is 6. The van der Waals surface area contributed by atoms with E-state index in [0.717, 1.165) is 32.8 Å². The molecule has 0 saturated carbocycles. The Hall–Kier alpha value is -6.62. The van der Waals surface area contributed by atoms with Crippen LogP contribution >= 0.6 is 0 Å². The van der Waals surface area contributed by atoms with Crippen LogP contribution in [-0.2, 0) is 48.0 Å². The average molecular weight is 875 g/mol. The zero-order valence-electron chi connectivity index (χ0n) is 36.3. The first-order chi connectivity index (χ1) is 30.9. The lowest BCUT2D eigenvalue weighted by Crippen LogP contribution is -2.60. The maximum atomic E-state index is 14.6. The van der Waals surface area contributed by atoms with Gasteiger partial charge in [-0.2, -0.15) is 0 Å². The molecule has 4 aromatic carbocycles. The van der Waals surface area contributed by atoms with Crippen molar-refractivity contribution in [2.45, 2.75) is 101 Å². The number of aromatic nitrogens is 1. The van der Waals surface area contributed by atoms with Crippen LogP contribution in [0.1, 0.15) is 62.1 Å². The molecule has 0 aliphatic rings. The van der Waals surface area contributed by atoms with Crippen molar-refractivity contribution in [2.75, 3.05) is 13.1 Å². The number of amides is 6. The van der Waals surface area contributed by atoms with Gasteiger partial charge in [-0.3, -0.25) is 28.8 Å². The van der Waals surface area contributed by atoms with Crippen molar-refractivity contribution in [3.05, 3.63) is 120 Å². The summed E-state index contributed by atoms with van der Waals surface area (Å²) < 4.78 is 0. The van der Waals surface area contributed by atoms with Gasteiger partial charge in [0.2, 0.25) is 35.4 Å². The number of primary amides is 1. The maximum absolute atomic E-state index is 14.6. The molecule has 5 rings (SSSR count). The Balaban J connectivity index is 1.43. The molecule has 64 heavy (non-hydrogen) atoms. The van der Waals surface area contributed by atoms with E-state index in [2.05, 4.69) is 31.6 Å². The van der Waals surface area contributed by atoms with Crippen molar-refractivity contribution < 1.29 is 28.8 Å². The molecular weight excluding hydrogens is 813 g/mol. The quantitative estimate of drug-likeness (QED) is 0.0383. The van der Waals surface area contributed by atoms with Crippen molar-refractivity contribution in [1.29, 1.82) is 0 Å². The number of nitrogens with two attached hydrogens (primary N) is 4. The molecule has 16 nitrogen and oxygen atoms in total. The van der Waals surface area contributed by atoms with Crippen molar-refractivity contribution in [2.24, 2.45) is 22.9 Å². The first kappa shape index (κ1) is 48.4. The van der Waals surface area contributed by atoms with Crippen LogP contribution in [0.4, 0.5) is 0 Å². The number of fused-ring (bicyclic) bond motifs is 2. The third kappa shape index (κ3) is 14.2. The largest absolute Gasteiger partial charge is 0.368 e. The van der Waals surface area contributed by atoms with Crippen molar-refractivity contribution in [3.8, 4) is 0 Å². The summed E-state index contributed by atoms with van der Waals surface area (Å²) in [6, 6.07) is 23.5. The number of hydrogen-bond donors (Lipinski definition) is 10. The van der Waals surface area contributed by atoms with Gasteiger partial charge in [0.25, 0.3) is 0 Å². The van der Waals surface area contributed by atoms with Gasteiger partial charge in [-0.25, -0.2) is 0 Å². The molecule has 0 spiro atoms. The molecule has 0 radical (unpaired) electrons. The van der Waals surface area contributed by atoms with Gasteiger partial charge in [0.05, 0.1) is 6.04 Å². The maximum Gasteiger partial charge on any atom is 0.243 e. The topological polar surface area (TPSA) is 282 Å². The lowest BCUT2D eigenvalue weighted by atomic mass is 9.99. The first-order valence-electron chi connectivity index (χ1n) is 21.9. The summed E-state index contributed by atoms with van der Waals surface area (Å²) in [6.07, 6.45) is 4.53. The number of para-hydroxylation sites is 1. The lowest BCUT2D eigenvalue weighted by Gasteiger charge is -2.27. The van der Waals surface area contributed by atoms with Gasteiger partial charge in [0.15, 0.2) is 0 Å². The highest BCUT2D eigenvalue weighted by atomic mass is 16.2. The van der Waals surface area contributed by atoms with Crippen LogP contribution in [0.3, 0.4) is 0 Å². The number of unbranched alkanes of at least 4 members (excludes halogenated alkanes) is 2. The molecule has 0 aliphatic carbocycles. The standard InChI is InChI=1S/C48H62N10O6/c1-30(51)44(60)56-41(27-32-21-22-33-15-5-6-16-34(33)25-32)47(63)55-39(20-10-12-24-50)45(61)58-42(28-35-29-53-37-18-8-7-17-36(35)37)48(64)57-40(26-31-13-3-2-4-14-31)46(62)54-38(43(52)59)19-9-11-23-49/h2-8,13-18,21-22,25,29-30,38-42,53H,9-12,19-20,23-24,26-28,49-51H2,1H3,(H2,52,59)(H,54,62)(H,55,63)(H,56,60)(H,57,64)(H,58,61)/t30-,38+,39-,40+,41-,42-/m1/s1. The Labute approximate surface area is 373 Å². The van der Waals surface area contributed by atoms with Crippen LogP contribution in [0.2, 0.25) is 0 Å². The molecule has 1 aromatic heterocycles. The van der Waals surface area contributed by atoms with Gasteiger partial charge in [-0.15, -0.1) is 0 Å². The predicted octanol–water partition coefficient (Wildman–Crippen LogP) is 1.86. The molecule has 0 bridgehead atoms. The van der Waals surface area contributed by atoms with Crippen LogP contribution in [0, 0.1) is 0 Å². The van der Waals surface area contributed by atoms with Crippen molar-refractivity contribution >= 4 is 57.1 Å². The molecule has 5 aromatic rings. The third-order valence-corrected chi connectivity index (χ3v) is 11.1. The second-order valence-electron chi connectivity index (χ2n) is 16.2. The number of H-pyrrole nitrogens is 1. The van der Waals surface area contributed by atoms with Gasteiger partial charge >= 0.3 is 0 Å². The van der Waals surface area contributed by atoms with Gasteiger partial charge in [0.1, 0.15) is 30.2 Å². The average Bonchev–Trinajstić information content (AvgIpc) is 3.70. The van der Waals surface area contributed by atoms with Crippen LogP contribution < -0.4 is 49.5 Å². The van der Waals surface area contributed by atoms with Gasteiger partial charge in [-0.1, -0.05) is 91.0 Å². The fraction of sp³-hybridized carbons (Fsp3) is 0.375. The van der Waals surface area contributed by atoms with Crippen LogP contribution in [0.5, 0.6) is 0 Å². The Morgan fingerprint density at radius 1 is 0.531 bits per heavy atom. The van der Waals surface area contributed by atoms with Crippen LogP contribution in [-0.4, -0.2) is 89.8 Å². The second-order valence-corrected chi connectivity index (χ2v) is 16.2. The van der Waals surface area contributed by atoms with E-state index in [4.69, 9.17) is 22.9 Å². The zero-order valence-corrected chi connectivity index (χ0v) is 36.3. The minimum absolute atomic E-state index is 0.00274. The summed E-state index contributed by atoms with van der Waals surface area (Å²) in [7, 11) is 0. The van der Waals surface area contributed by atoms with E-state index < -0.39 is 71.7 Å². The van der Waals surface area contributed by atoms with Gasteiger partial charge < -0.3 is 54.5 Å². The minimum Gasteiger partial charge on any atom is -0.368 e. The van der Waals surface area contributed by atoms with E-state index in [9.17, 15) is 28.8 Å². The summed E-state index contributed by atoms with van der Waals surface area (Å²) in [5.74, 6) is -3.87. The fourth-order valence-electron chi connectivity index (χ4n) is 7.53. The normalized spacial score (nSPS) is 14.1. The first-order valence-corrected chi connectivity index (χ1v) is 21.9. The molecule has 16 heteroatoms. The Morgan fingerprint density at radius 3 is 1.66 bits per heavy atom.